The van der Waals surface area contributed by atoms with Crippen LogP contribution in [0.3, 0.4) is 0 Å². The lowest BCUT2D eigenvalue weighted by molar-refractivity contribution is 0.121. The van der Waals surface area contributed by atoms with Gasteiger partial charge in [-0.15, -0.1) is 5.10 Å². The van der Waals surface area contributed by atoms with Gasteiger partial charge in [-0.25, -0.2) is 9.18 Å². The Morgan fingerprint density at radius 3 is 2.45 bits per heavy atom. The lowest BCUT2D eigenvalue weighted by Gasteiger charge is -2.15. The van der Waals surface area contributed by atoms with Crippen LogP contribution < -0.4 is 5.32 Å². The van der Waals surface area contributed by atoms with E-state index in [1.807, 2.05) is 67.6 Å². The van der Waals surface area contributed by atoms with Crippen molar-refractivity contribution in [1.29, 1.82) is 0 Å². The average molecular weight is 416 g/mol. The first-order valence-electron chi connectivity index (χ1n) is 9.82. The summed E-state index contributed by atoms with van der Waals surface area (Å²) in [7, 11) is 0. The molecule has 0 spiro atoms. The third-order valence-electron chi connectivity index (χ3n) is 4.88. The molecule has 1 heterocycles. The molecule has 0 radical (unpaired) electrons. The van der Waals surface area contributed by atoms with E-state index in [4.69, 9.17) is 4.74 Å². The van der Waals surface area contributed by atoms with Gasteiger partial charge in [-0.05, 0) is 54.8 Å². The lowest BCUT2D eigenvalue weighted by Crippen LogP contribution is -2.18. The molecule has 3 aromatic carbocycles. The third kappa shape index (κ3) is 4.61. The molecule has 4 rings (SSSR count). The van der Waals surface area contributed by atoms with Gasteiger partial charge in [0.1, 0.15) is 17.6 Å². The maximum atomic E-state index is 13.5. The summed E-state index contributed by atoms with van der Waals surface area (Å²) in [5, 5.41) is 10.9. The molecule has 0 aliphatic rings. The van der Waals surface area contributed by atoms with Crippen LogP contribution in [0.15, 0.2) is 78.9 Å². The largest absolute Gasteiger partial charge is 0.441 e. The standard InChI is InChI=1S/C24H21FN4O2/c1-16-23(26-24(30)31-17(2)18-7-4-3-5-8-18)29(28-27-16)22-13-11-19(12-14-22)20-9-6-10-21(25)15-20/h3-15,17H,1-2H3,(H,26,30)/t17-/m1/s1. The zero-order valence-corrected chi connectivity index (χ0v) is 17.1. The van der Waals surface area contributed by atoms with Crippen molar-refractivity contribution < 1.29 is 13.9 Å². The van der Waals surface area contributed by atoms with Gasteiger partial charge in [0, 0.05) is 0 Å². The van der Waals surface area contributed by atoms with Gasteiger partial charge in [-0.1, -0.05) is 59.8 Å². The Morgan fingerprint density at radius 1 is 1.00 bits per heavy atom. The van der Waals surface area contributed by atoms with Crippen molar-refractivity contribution in [3.63, 3.8) is 0 Å². The fourth-order valence-electron chi connectivity index (χ4n) is 3.22. The van der Waals surface area contributed by atoms with Gasteiger partial charge in [-0.2, -0.15) is 4.68 Å². The third-order valence-corrected chi connectivity index (χ3v) is 4.88. The predicted molar refractivity (Wildman–Crippen MR) is 116 cm³/mol. The van der Waals surface area contributed by atoms with Gasteiger partial charge >= 0.3 is 6.09 Å². The summed E-state index contributed by atoms with van der Waals surface area (Å²) in [4.78, 5) is 12.5. The number of aromatic nitrogens is 3. The zero-order valence-electron chi connectivity index (χ0n) is 17.1. The number of carbonyl (C=O) groups is 1. The van der Waals surface area contributed by atoms with Gasteiger partial charge in [0.05, 0.1) is 5.69 Å². The number of aryl methyl sites for hydroxylation is 1. The first-order valence-corrected chi connectivity index (χ1v) is 9.82. The second-order valence-corrected chi connectivity index (χ2v) is 7.08. The number of halogens is 1. The smallest absolute Gasteiger partial charge is 0.413 e. The number of amides is 1. The number of nitrogens with one attached hydrogen (secondary N) is 1. The highest BCUT2D eigenvalue weighted by molar-refractivity contribution is 5.84. The second-order valence-electron chi connectivity index (χ2n) is 7.08. The molecule has 156 valence electrons. The maximum Gasteiger partial charge on any atom is 0.413 e. The summed E-state index contributed by atoms with van der Waals surface area (Å²) >= 11 is 0. The number of hydrogen-bond donors (Lipinski definition) is 1. The lowest BCUT2D eigenvalue weighted by atomic mass is 10.1. The van der Waals surface area contributed by atoms with Crippen LogP contribution in [0.4, 0.5) is 15.0 Å². The molecule has 1 atom stereocenters. The minimum Gasteiger partial charge on any atom is -0.441 e. The fourth-order valence-corrected chi connectivity index (χ4v) is 3.22. The highest BCUT2D eigenvalue weighted by atomic mass is 19.1. The van der Waals surface area contributed by atoms with Crippen molar-refractivity contribution in [3.8, 4) is 16.8 Å². The Hall–Kier alpha value is -4.00. The van der Waals surface area contributed by atoms with Crippen LogP contribution in [0.2, 0.25) is 0 Å². The maximum absolute atomic E-state index is 13.5. The summed E-state index contributed by atoms with van der Waals surface area (Å²) in [5.74, 6) is 0.131. The first-order chi connectivity index (χ1) is 15.0. The molecule has 0 aliphatic heterocycles. The zero-order chi connectivity index (χ0) is 21.8. The summed E-state index contributed by atoms with van der Waals surface area (Å²) in [6.07, 6.45) is -1.00. The highest BCUT2D eigenvalue weighted by Crippen LogP contribution is 2.24. The Kier molecular flexibility index (Phi) is 5.75. The Balaban J connectivity index is 1.52. The van der Waals surface area contributed by atoms with Crippen molar-refractivity contribution in [3.05, 3.63) is 95.9 Å². The Bertz CT molecular complexity index is 1190. The van der Waals surface area contributed by atoms with Crippen LogP contribution in [-0.4, -0.2) is 21.1 Å². The van der Waals surface area contributed by atoms with Gasteiger partial charge in [-0.3, -0.25) is 5.32 Å². The molecular formula is C24H21FN4O2. The van der Waals surface area contributed by atoms with Crippen LogP contribution >= 0.6 is 0 Å². The number of benzene rings is 3. The minimum atomic E-state index is -0.598. The van der Waals surface area contributed by atoms with Crippen molar-refractivity contribution in [1.82, 2.24) is 15.0 Å². The molecular weight excluding hydrogens is 395 g/mol. The predicted octanol–water partition coefficient (Wildman–Crippen LogP) is 5.69. The number of carbonyl (C=O) groups excluding carboxylic acids is 1. The Morgan fingerprint density at radius 2 is 1.74 bits per heavy atom. The monoisotopic (exact) mass is 416 g/mol. The number of rotatable bonds is 5. The summed E-state index contributed by atoms with van der Waals surface area (Å²) < 4.78 is 20.5. The molecule has 0 saturated heterocycles. The van der Waals surface area contributed by atoms with Crippen LogP contribution in [0.25, 0.3) is 16.8 Å². The van der Waals surface area contributed by atoms with Gasteiger partial charge in [0.25, 0.3) is 0 Å². The van der Waals surface area contributed by atoms with E-state index < -0.39 is 12.2 Å². The van der Waals surface area contributed by atoms with Gasteiger partial charge < -0.3 is 4.74 Å². The van der Waals surface area contributed by atoms with Crippen molar-refractivity contribution in [2.45, 2.75) is 20.0 Å². The van der Waals surface area contributed by atoms with Crippen LogP contribution in [0, 0.1) is 12.7 Å². The highest BCUT2D eigenvalue weighted by Gasteiger charge is 2.17. The van der Waals surface area contributed by atoms with E-state index in [9.17, 15) is 9.18 Å². The van der Waals surface area contributed by atoms with E-state index in [-0.39, 0.29) is 5.82 Å². The number of ether oxygens (including phenoxy) is 1. The molecule has 31 heavy (non-hydrogen) atoms. The van der Waals surface area contributed by atoms with E-state index >= 15 is 0 Å². The van der Waals surface area contributed by atoms with E-state index in [0.717, 1.165) is 16.7 Å². The van der Waals surface area contributed by atoms with Crippen molar-refractivity contribution >= 4 is 11.9 Å². The fraction of sp³-hybridized carbons (Fsp3) is 0.125. The van der Waals surface area contributed by atoms with Gasteiger partial charge in [0.2, 0.25) is 0 Å². The summed E-state index contributed by atoms with van der Waals surface area (Å²) in [5.41, 5.74) is 3.79. The molecule has 0 bridgehead atoms. The molecule has 0 fully saturated rings. The normalized spacial score (nSPS) is 11.7. The summed E-state index contributed by atoms with van der Waals surface area (Å²) in [6, 6.07) is 23.3. The SMILES string of the molecule is Cc1nnn(-c2ccc(-c3cccc(F)c3)cc2)c1NC(=O)O[C@H](C)c1ccccc1. The number of hydrogen-bond acceptors (Lipinski definition) is 4. The molecule has 1 amide bonds. The molecule has 1 aromatic heterocycles. The molecule has 0 aliphatic carbocycles. The van der Waals surface area contributed by atoms with Crippen molar-refractivity contribution in [2.24, 2.45) is 0 Å². The van der Waals surface area contributed by atoms with Crippen LogP contribution in [0.5, 0.6) is 0 Å². The van der Waals surface area contributed by atoms with Crippen LogP contribution in [-0.2, 0) is 4.74 Å². The van der Waals surface area contributed by atoms with E-state index in [1.54, 1.807) is 13.0 Å². The van der Waals surface area contributed by atoms with E-state index in [0.29, 0.717) is 17.2 Å². The van der Waals surface area contributed by atoms with E-state index in [2.05, 4.69) is 15.6 Å². The molecule has 1 N–H and O–H groups in total. The number of nitrogens with zero attached hydrogens (tertiary/aromatic N) is 3. The average Bonchev–Trinajstić information content (AvgIpc) is 3.14. The molecule has 0 saturated carbocycles. The summed E-state index contributed by atoms with van der Waals surface area (Å²) in [6.45, 7) is 3.56. The molecule has 7 heteroatoms. The van der Waals surface area contributed by atoms with Gasteiger partial charge in [0.15, 0.2) is 5.82 Å². The Labute approximate surface area is 179 Å². The van der Waals surface area contributed by atoms with Crippen LogP contribution in [0.1, 0.15) is 24.3 Å². The molecule has 0 unspecified atom stereocenters. The van der Waals surface area contributed by atoms with Crippen molar-refractivity contribution in [2.75, 3.05) is 5.32 Å². The first kappa shape index (κ1) is 20.3. The molecule has 6 nitrogen and oxygen atoms in total. The number of anilines is 1. The minimum absolute atomic E-state index is 0.289. The molecule has 4 aromatic rings. The quantitative estimate of drug-likeness (QED) is 0.454. The van der Waals surface area contributed by atoms with E-state index in [1.165, 1.54) is 16.8 Å². The second kappa shape index (κ2) is 8.79. The topological polar surface area (TPSA) is 69.0 Å².